The molecule has 0 spiro atoms. The summed E-state index contributed by atoms with van der Waals surface area (Å²) in [7, 11) is 0. The Hall–Kier alpha value is -1.88. The van der Waals surface area contributed by atoms with Gasteiger partial charge in [-0.05, 0) is 18.2 Å². The molecule has 1 radical (unpaired) electrons. The Bertz CT molecular complexity index is 449. The van der Waals surface area contributed by atoms with E-state index in [0.717, 1.165) is 10.8 Å². The van der Waals surface area contributed by atoms with Gasteiger partial charge >= 0.3 is 0 Å². The predicted molar refractivity (Wildman–Crippen MR) is 45.3 cm³/mol. The molecule has 12 heavy (non-hydrogen) atoms. The van der Waals surface area contributed by atoms with E-state index < -0.39 is 0 Å². The second-order valence-electron chi connectivity index (χ2n) is 2.42. The molecule has 0 atom stereocenters. The van der Waals surface area contributed by atoms with Gasteiger partial charge in [0.25, 0.3) is 0 Å². The van der Waals surface area contributed by atoms with E-state index >= 15 is 0 Å². The van der Waals surface area contributed by atoms with Gasteiger partial charge in [-0.25, -0.2) is 0 Å². The zero-order chi connectivity index (χ0) is 8.39. The molecular formula is C10H5N2. The van der Waals surface area contributed by atoms with E-state index in [1.54, 1.807) is 24.5 Å². The highest BCUT2D eigenvalue weighted by molar-refractivity contribution is 5.86. The molecule has 1 aromatic carbocycles. The Kier molecular flexibility index (Phi) is 1.49. The molecule has 2 rings (SSSR count). The van der Waals surface area contributed by atoms with Crippen molar-refractivity contribution in [3.8, 4) is 6.07 Å². The topological polar surface area (TPSA) is 36.7 Å². The molecule has 0 unspecified atom stereocenters. The van der Waals surface area contributed by atoms with Gasteiger partial charge in [0.05, 0.1) is 11.6 Å². The molecule has 0 N–H and O–H groups in total. The van der Waals surface area contributed by atoms with E-state index in [0.29, 0.717) is 5.56 Å². The maximum Gasteiger partial charge on any atom is 0.0998 e. The monoisotopic (exact) mass is 153 g/mol. The molecule has 0 fully saturated rings. The lowest BCUT2D eigenvalue weighted by Crippen LogP contribution is -1.79. The first-order chi connectivity index (χ1) is 5.92. The van der Waals surface area contributed by atoms with Crippen LogP contribution in [0.25, 0.3) is 10.8 Å². The number of aromatic nitrogens is 1. The zero-order valence-corrected chi connectivity index (χ0v) is 6.28. The molecule has 0 saturated carbocycles. The number of hydrogen-bond acceptors (Lipinski definition) is 2. The number of rotatable bonds is 0. The maximum absolute atomic E-state index is 8.75. The Morgan fingerprint density at radius 3 is 3.17 bits per heavy atom. The van der Waals surface area contributed by atoms with Gasteiger partial charge in [-0.1, -0.05) is 6.07 Å². The molecule has 0 aliphatic rings. The lowest BCUT2D eigenvalue weighted by Gasteiger charge is -1.95. The zero-order valence-electron chi connectivity index (χ0n) is 6.28. The van der Waals surface area contributed by atoms with Gasteiger partial charge in [0.15, 0.2) is 0 Å². The first-order valence-electron chi connectivity index (χ1n) is 3.56. The fourth-order valence-corrected chi connectivity index (χ4v) is 1.15. The summed E-state index contributed by atoms with van der Waals surface area (Å²) in [5, 5.41) is 10.5. The fourth-order valence-electron chi connectivity index (χ4n) is 1.15. The Morgan fingerprint density at radius 2 is 2.33 bits per heavy atom. The summed E-state index contributed by atoms with van der Waals surface area (Å²) < 4.78 is 0. The minimum Gasteiger partial charge on any atom is -0.264 e. The number of nitrogens with zero attached hydrogens (tertiary/aromatic N) is 2. The summed E-state index contributed by atoms with van der Waals surface area (Å²) in [5.74, 6) is 0. The van der Waals surface area contributed by atoms with Crippen molar-refractivity contribution in [3.63, 3.8) is 0 Å². The fraction of sp³-hybridized carbons (Fsp3) is 0. The number of benzene rings is 1. The maximum atomic E-state index is 8.75. The third kappa shape index (κ3) is 0.923. The molecule has 0 amide bonds. The predicted octanol–water partition coefficient (Wildman–Crippen LogP) is 1.91. The largest absolute Gasteiger partial charge is 0.264 e. The van der Waals surface area contributed by atoms with Crippen molar-refractivity contribution in [3.05, 3.63) is 42.2 Å². The van der Waals surface area contributed by atoms with Crippen LogP contribution in [0.15, 0.2) is 30.6 Å². The normalized spacial score (nSPS) is 9.58. The molecule has 1 aromatic heterocycles. The summed E-state index contributed by atoms with van der Waals surface area (Å²) in [4.78, 5) is 3.95. The molecule has 2 heteroatoms. The second-order valence-corrected chi connectivity index (χ2v) is 2.42. The minimum atomic E-state index is 0.672. The van der Waals surface area contributed by atoms with Gasteiger partial charge in [-0.2, -0.15) is 5.26 Å². The van der Waals surface area contributed by atoms with Crippen LogP contribution < -0.4 is 0 Å². The smallest absolute Gasteiger partial charge is 0.0998 e. The van der Waals surface area contributed by atoms with Gasteiger partial charge < -0.3 is 0 Å². The van der Waals surface area contributed by atoms with Crippen LogP contribution >= 0.6 is 0 Å². The van der Waals surface area contributed by atoms with Gasteiger partial charge in [-0.15, -0.1) is 0 Å². The van der Waals surface area contributed by atoms with E-state index in [-0.39, 0.29) is 0 Å². The molecule has 1 heterocycles. The summed E-state index contributed by atoms with van der Waals surface area (Å²) >= 11 is 0. The highest BCUT2D eigenvalue weighted by Gasteiger charge is 1.97. The van der Waals surface area contributed by atoms with Crippen LogP contribution in [0.3, 0.4) is 0 Å². The van der Waals surface area contributed by atoms with Crippen LogP contribution in [-0.4, -0.2) is 4.98 Å². The summed E-state index contributed by atoms with van der Waals surface area (Å²) in [5.41, 5.74) is 0.672. The van der Waals surface area contributed by atoms with Crippen molar-refractivity contribution in [2.45, 2.75) is 0 Å². The molecule has 0 saturated heterocycles. The van der Waals surface area contributed by atoms with Gasteiger partial charge in [0, 0.05) is 23.2 Å². The number of nitriles is 1. The van der Waals surface area contributed by atoms with E-state index in [4.69, 9.17) is 5.26 Å². The number of hydrogen-bond donors (Lipinski definition) is 0. The Labute approximate surface area is 70.1 Å². The van der Waals surface area contributed by atoms with Crippen LogP contribution in [0.5, 0.6) is 0 Å². The van der Waals surface area contributed by atoms with E-state index in [1.165, 1.54) is 0 Å². The summed E-state index contributed by atoms with van der Waals surface area (Å²) in [6.45, 7) is 0. The van der Waals surface area contributed by atoms with E-state index in [2.05, 4.69) is 17.1 Å². The molecule has 0 aliphatic carbocycles. The van der Waals surface area contributed by atoms with Crippen molar-refractivity contribution in [1.29, 1.82) is 5.26 Å². The summed E-state index contributed by atoms with van der Waals surface area (Å²) in [6, 6.07) is 10.4. The van der Waals surface area contributed by atoms with Crippen molar-refractivity contribution >= 4 is 10.8 Å². The molecule has 2 nitrogen and oxygen atoms in total. The van der Waals surface area contributed by atoms with Crippen LogP contribution in [0.4, 0.5) is 0 Å². The van der Waals surface area contributed by atoms with E-state index in [9.17, 15) is 0 Å². The molecule has 55 valence electrons. The average Bonchev–Trinajstić information content (AvgIpc) is 2.17. The van der Waals surface area contributed by atoms with Gasteiger partial charge in [0.2, 0.25) is 0 Å². The molecule has 2 aromatic rings. The van der Waals surface area contributed by atoms with Crippen molar-refractivity contribution in [1.82, 2.24) is 4.98 Å². The Morgan fingerprint density at radius 1 is 1.42 bits per heavy atom. The molecule has 0 aliphatic heterocycles. The lowest BCUT2D eigenvalue weighted by atomic mass is 10.1. The SMILES string of the molecule is N#Cc1cc[c]c2cnccc12. The number of fused-ring (bicyclic) bond motifs is 1. The van der Waals surface area contributed by atoms with Crippen molar-refractivity contribution in [2.75, 3.05) is 0 Å². The first kappa shape index (κ1) is 6.81. The highest BCUT2D eigenvalue weighted by Crippen LogP contribution is 2.15. The third-order valence-corrected chi connectivity index (χ3v) is 1.72. The van der Waals surface area contributed by atoms with Gasteiger partial charge in [-0.3, -0.25) is 4.98 Å². The van der Waals surface area contributed by atoms with Crippen molar-refractivity contribution < 1.29 is 0 Å². The van der Waals surface area contributed by atoms with Crippen LogP contribution in [0.1, 0.15) is 5.56 Å². The van der Waals surface area contributed by atoms with Crippen LogP contribution in [-0.2, 0) is 0 Å². The highest BCUT2D eigenvalue weighted by atomic mass is 14.6. The first-order valence-corrected chi connectivity index (χ1v) is 3.56. The average molecular weight is 153 g/mol. The second kappa shape index (κ2) is 2.63. The third-order valence-electron chi connectivity index (χ3n) is 1.72. The minimum absolute atomic E-state index is 0.672. The van der Waals surface area contributed by atoms with E-state index in [1.807, 2.05) is 6.07 Å². The lowest BCUT2D eigenvalue weighted by molar-refractivity contribution is 1.36. The molecule has 0 bridgehead atoms. The summed E-state index contributed by atoms with van der Waals surface area (Å²) in [6.07, 6.45) is 3.38. The quantitative estimate of drug-likeness (QED) is 0.579. The molecular weight excluding hydrogens is 148 g/mol. The standard InChI is InChI=1S/C10H5N2/c11-6-8-2-1-3-9-7-12-5-4-10(8)9/h1-2,4-5,7H. The number of pyridine rings is 1. The van der Waals surface area contributed by atoms with Crippen molar-refractivity contribution in [2.24, 2.45) is 0 Å². The Balaban J connectivity index is 2.91. The van der Waals surface area contributed by atoms with Gasteiger partial charge in [0.1, 0.15) is 0 Å². The van der Waals surface area contributed by atoms with Crippen LogP contribution in [0.2, 0.25) is 0 Å². The van der Waals surface area contributed by atoms with Crippen LogP contribution in [0, 0.1) is 17.4 Å².